The zero-order chi connectivity index (χ0) is 14.1. The second kappa shape index (κ2) is 5.28. The van der Waals surface area contributed by atoms with E-state index in [9.17, 15) is 4.79 Å². The Morgan fingerprint density at radius 1 is 1.55 bits per heavy atom. The minimum absolute atomic E-state index is 0.0775. The van der Waals surface area contributed by atoms with Crippen molar-refractivity contribution in [2.24, 2.45) is 0 Å². The van der Waals surface area contributed by atoms with Gasteiger partial charge < -0.3 is 15.2 Å². The maximum atomic E-state index is 11.9. The van der Waals surface area contributed by atoms with Crippen LogP contribution in [0.5, 0.6) is 0 Å². The van der Waals surface area contributed by atoms with Crippen LogP contribution in [0.2, 0.25) is 0 Å². The molecule has 3 rings (SSSR count). The lowest BCUT2D eigenvalue weighted by molar-refractivity contribution is 0.0962. The van der Waals surface area contributed by atoms with Crippen molar-refractivity contribution in [1.82, 2.24) is 15.3 Å². The number of imidazole rings is 1. The zero-order valence-electron chi connectivity index (χ0n) is 11.1. The lowest BCUT2D eigenvalue weighted by Gasteiger charge is -2.19. The van der Waals surface area contributed by atoms with Gasteiger partial charge in [0.05, 0.1) is 24.1 Å². The normalized spacial score (nSPS) is 13.4. The molecule has 0 radical (unpaired) electrons. The quantitative estimate of drug-likeness (QED) is 0.903. The van der Waals surface area contributed by atoms with Crippen molar-refractivity contribution in [3.05, 3.63) is 46.0 Å². The molecule has 104 valence electrons. The third-order valence-corrected chi connectivity index (χ3v) is 4.20. The van der Waals surface area contributed by atoms with E-state index in [-0.39, 0.29) is 5.91 Å². The maximum Gasteiger partial charge on any atom is 0.252 e. The molecule has 0 unspecified atom stereocenters. The monoisotopic (exact) mass is 334 g/mol. The van der Waals surface area contributed by atoms with Crippen LogP contribution in [0.4, 0.5) is 5.69 Å². The molecule has 1 aromatic heterocycles. The van der Waals surface area contributed by atoms with Gasteiger partial charge in [0, 0.05) is 29.9 Å². The number of rotatable bonds is 3. The predicted molar refractivity (Wildman–Crippen MR) is 80.9 cm³/mol. The number of hydrogen-bond acceptors (Lipinski definition) is 3. The molecule has 2 N–H and O–H groups in total. The first kappa shape index (κ1) is 13.2. The Morgan fingerprint density at radius 2 is 2.40 bits per heavy atom. The molecule has 0 aliphatic carbocycles. The number of amides is 1. The Balaban J connectivity index is 1.93. The van der Waals surface area contributed by atoms with Crippen LogP contribution < -0.4 is 10.2 Å². The largest absolute Gasteiger partial charge is 0.365 e. The number of aromatic amines is 1. The fourth-order valence-corrected chi connectivity index (χ4v) is 3.09. The zero-order valence-corrected chi connectivity index (χ0v) is 12.7. The van der Waals surface area contributed by atoms with Gasteiger partial charge in [-0.05, 0) is 40.0 Å². The van der Waals surface area contributed by atoms with Crippen molar-refractivity contribution >= 4 is 27.5 Å². The average molecular weight is 335 g/mol. The van der Waals surface area contributed by atoms with Crippen LogP contribution in [0.25, 0.3) is 0 Å². The van der Waals surface area contributed by atoms with Gasteiger partial charge in [-0.3, -0.25) is 4.79 Å². The SMILES string of the molecule is CNC(=O)c1cc2c(cc1Br)CCN2Cc1c[nH]cn1. The number of carbonyl (C=O) groups is 1. The van der Waals surface area contributed by atoms with Crippen molar-refractivity contribution in [2.75, 3.05) is 18.5 Å². The van der Waals surface area contributed by atoms with Crippen LogP contribution in [0.1, 0.15) is 21.6 Å². The maximum absolute atomic E-state index is 11.9. The highest BCUT2D eigenvalue weighted by Gasteiger charge is 2.23. The van der Waals surface area contributed by atoms with Gasteiger partial charge in [0.2, 0.25) is 0 Å². The second-order valence-electron chi connectivity index (χ2n) is 4.77. The van der Waals surface area contributed by atoms with Gasteiger partial charge in [-0.1, -0.05) is 0 Å². The van der Waals surface area contributed by atoms with Gasteiger partial charge in [-0.2, -0.15) is 0 Å². The number of fused-ring (bicyclic) bond motifs is 1. The highest BCUT2D eigenvalue weighted by atomic mass is 79.9. The first-order valence-corrected chi connectivity index (χ1v) is 7.25. The van der Waals surface area contributed by atoms with Crippen LogP contribution >= 0.6 is 15.9 Å². The van der Waals surface area contributed by atoms with Gasteiger partial charge in [-0.25, -0.2) is 4.98 Å². The molecule has 5 nitrogen and oxygen atoms in total. The van der Waals surface area contributed by atoms with Gasteiger partial charge in [0.25, 0.3) is 5.91 Å². The second-order valence-corrected chi connectivity index (χ2v) is 5.63. The van der Waals surface area contributed by atoms with Gasteiger partial charge in [0.1, 0.15) is 0 Å². The highest BCUT2D eigenvalue weighted by molar-refractivity contribution is 9.10. The third kappa shape index (κ3) is 2.31. The summed E-state index contributed by atoms with van der Waals surface area (Å²) < 4.78 is 0.845. The van der Waals surface area contributed by atoms with Gasteiger partial charge in [0.15, 0.2) is 0 Å². The van der Waals surface area contributed by atoms with E-state index < -0.39 is 0 Å². The number of H-pyrrole nitrogens is 1. The standard InChI is InChI=1S/C14H15BrN4O/c1-16-14(20)11-5-13-9(4-12(11)15)2-3-19(13)7-10-6-17-8-18-10/h4-6,8H,2-3,7H2,1H3,(H,16,20)(H,17,18). The molecule has 0 bridgehead atoms. The van der Waals surface area contributed by atoms with Crippen LogP contribution in [0.3, 0.4) is 0 Å². The van der Waals surface area contributed by atoms with E-state index in [1.807, 2.05) is 18.3 Å². The minimum atomic E-state index is -0.0775. The molecule has 0 saturated carbocycles. The van der Waals surface area contributed by atoms with Crippen LogP contribution in [0, 0.1) is 0 Å². The van der Waals surface area contributed by atoms with Crippen LogP contribution in [-0.2, 0) is 13.0 Å². The first-order valence-electron chi connectivity index (χ1n) is 6.46. The fraction of sp³-hybridized carbons (Fsp3) is 0.286. The molecule has 6 heteroatoms. The van der Waals surface area contributed by atoms with E-state index in [2.05, 4.69) is 36.1 Å². The Hall–Kier alpha value is -1.82. The van der Waals surface area contributed by atoms with Crippen molar-refractivity contribution < 1.29 is 4.79 Å². The van der Waals surface area contributed by atoms with Crippen molar-refractivity contribution in [2.45, 2.75) is 13.0 Å². The Labute approximate surface area is 125 Å². The Bertz CT molecular complexity index is 639. The third-order valence-electron chi connectivity index (χ3n) is 3.54. The summed E-state index contributed by atoms with van der Waals surface area (Å²) in [4.78, 5) is 21.4. The number of nitrogens with zero attached hydrogens (tertiary/aromatic N) is 2. The summed E-state index contributed by atoms with van der Waals surface area (Å²) in [5.41, 5.74) is 4.05. The molecule has 0 spiro atoms. The molecule has 1 aromatic carbocycles. The van der Waals surface area contributed by atoms with E-state index in [4.69, 9.17) is 0 Å². The summed E-state index contributed by atoms with van der Waals surface area (Å²) in [7, 11) is 1.64. The van der Waals surface area contributed by atoms with E-state index in [0.717, 1.165) is 35.4 Å². The molecule has 2 heterocycles. The van der Waals surface area contributed by atoms with E-state index in [1.54, 1.807) is 13.4 Å². The smallest absolute Gasteiger partial charge is 0.252 e. The molecular weight excluding hydrogens is 320 g/mol. The molecule has 2 aromatic rings. The summed E-state index contributed by atoms with van der Waals surface area (Å²) in [5.74, 6) is -0.0775. The molecule has 20 heavy (non-hydrogen) atoms. The average Bonchev–Trinajstić information content (AvgIpc) is 3.08. The first-order chi connectivity index (χ1) is 9.69. The Morgan fingerprint density at radius 3 is 3.10 bits per heavy atom. The number of benzene rings is 1. The minimum Gasteiger partial charge on any atom is -0.365 e. The number of hydrogen-bond donors (Lipinski definition) is 2. The van der Waals surface area contributed by atoms with Gasteiger partial charge in [-0.15, -0.1) is 0 Å². The van der Waals surface area contributed by atoms with E-state index in [1.165, 1.54) is 5.56 Å². The number of aromatic nitrogens is 2. The molecule has 1 amide bonds. The van der Waals surface area contributed by atoms with Gasteiger partial charge >= 0.3 is 0 Å². The lowest BCUT2D eigenvalue weighted by atomic mass is 10.1. The van der Waals surface area contributed by atoms with Crippen molar-refractivity contribution in [1.29, 1.82) is 0 Å². The number of halogens is 1. The molecule has 1 aliphatic rings. The van der Waals surface area contributed by atoms with Crippen LogP contribution in [0.15, 0.2) is 29.1 Å². The number of anilines is 1. The summed E-state index contributed by atoms with van der Waals surface area (Å²) in [6, 6.07) is 4.00. The summed E-state index contributed by atoms with van der Waals surface area (Å²) in [6.45, 7) is 1.71. The highest BCUT2D eigenvalue weighted by Crippen LogP contribution is 2.34. The van der Waals surface area contributed by atoms with Crippen molar-refractivity contribution in [3.8, 4) is 0 Å². The predicted octanol–water partition coefficient (Wildman–Crippen LogP) is 2.09. The molecule has 0 saturated heterocycles. The number of carbonyl (C=O) groups excluding carboxylic acids is 1. The lowest BCUT2D eigenvalue weighted by Crippen LogP contribution is -2.21. The fourth-order valence-electron chi connectivity index (χ4n) is 2.52. The molecule has 0 atom stereocenters. The number of nitrogens with one attached hydrogen (secondary N) is 2. The summed E-state index contributed by atoms with van der Waals surface area (Å²) >= 11 is 3.48. The summed E-state index contributed by atoms with van der Waals surface area (Å²) in [5, 5.41) is 2.67. The van der Waals surface area contributed by atoms with E-state index in [0.29, 0.717) is 5.56 Å². The molecule has 1 aliphatic heterocycles. The summed E-state index contributed by atoms with van der Waals surface area (Å²) in [6.07, 6.45) is 4.58. The Kier molecular flexibility index (Phi) is 3.48. The molecule has 0 fully saturated rings. The van der Waals surface area contributed by atoms with Crippen LogP contribution in [-0.4, -0.2) is 29.5 Å². The van der Waals surface area contributed by atoms with Crippen molar-refractivity contribution in [3.63, 3.8) is 0 Å². The topological polar surface area (TPSA) is 61.0 Å². The van der Waals surface area contributed by atoms with E-state index >= 15 is 0 Å². The molecular formula is C14H15BrN4O.